The maximum absolute atomic E-state index is 5.61. The fourth-order valence-corrected chi connectivity index (χ4v) is 3.03. The number of aryl methyl sites for hydroxylation is 1. The van der Waals surface area contributed by atoms with Crippen LogP contribution < -0.4 is 4.74 Å². The van der Waals surface area contributed by atoms with Crippen LogP contribution in [0.25, 0.3) is 0 Å². The van der Waals surface area contributed by atoms with E-state index in [2.05, 4.69) is 15.2 Å². The summed E-state index contributed by atoms with van der Waals surface area (Å²) in [5.74, 6) is 2.22. The Balaban J connectivity index is 1.44. The minimum Gasteiger partial charge on any atom is -0.493 e. The average Bonchev–Trinajstić information content (AvgIpc) is 3.14. The summed E-state index contributed by atoms with van der Waals surface area (Å²) in [5.41, 5.74) is 0.968. The van der Waals surface area contributed by atoms with Gasteiger partial charge >= 0.3 is 0 Å². The third kappa shape index (κ3) is 4.32. The van der Waals surface area contributed by atoms with Crippen molar-refractivity contribution in [3.63, 3.8) is 0 Å². The fourth-order valence-electron chi connectivity index (χ4n) is 1.82. The number of benzene rings is 1. The molecular formula is C15H15N3O2S2. The Morgan fingerprint density at radius 2 is 2.09 bits per heavy atom. The lowest BCUT2D eigenvalue weighted by Gasteiger charge is -2.03. The van der Waals surface area contributed by atoms with Gasteiger partial charge in [0, 0.05) is 11.1 Å². The zero-order chi connectivity index (χ0) is 15.2. The monoisotopic (exact) mass is 333 g/mol. The number of nitrogens with zero attached hydrogens (tertiary/aromatic N) is 3. The van der Waals surface area contributed by atoms with Crippen molar-refractivity contribution in [3.05, 3.63) is 52.3 Å². The van der Waals surface area contributed by atoms with Crippen LogP contribution in [0.5, 0.6) is 5.75 Å². The minimum absolute atomic E-state index is 0.568. The van der Waals surface area contributed by atoms with Crippen molar-refractivity contribution in [2.24, 2.45) is 0 Å². The molecule has 114 valence electrons. The molecule has 2 aromatic heterocycles. The van der Waals surface area contributed by atoms with E-state index in [1.54, 1.807) is 11.3 Å². The first-order chi connectivity index (χ1) is 10.8. The third-order valence-corrected chi connectivity index (χ3v) is 4.37. The van der Waals surface area contributed by atoms with Crippen LogP contribution in [0.1, 0.15) is 16.6 Å². The molecule has 0 aliphatic rings. The van der Waals surface area contributed by atoms with Crippen LogP contribution in [0.4, 0.5) is 0 Å². The number of para-hydroxylation sites is 1. The van der Waals surface area contributed by atoms with Gasteiger partial charge in [-0.1, -0.05) is 30.0 Å². The van der Waals surface area contributed by atoms with Crippen LogP contribution >= 0.6 is 23.1 Å². The molecule has 0 atom stereocenters. The number of thiazole rings is 1. The van der Waals surface area contributed by atoms with E-state index in [-0.39, 0.29) is 0 Å². The van der Waals surface area contributed by atoms with Crippen LogP contribution in [0.15, 0.2) is 45.4 Å². The highest BCUT2D eigenvalue weighted by Gasteiger charge is 2.09. The Morgan fingerprint density at radius 3 is 2.86 bits per heavy atom. The SMILES string of the molecule is Cc1nc(Cc2nnc(SCCOc3ccccc3)o2)cs1. The van der Waals surface area contributed by atoms with Crippen molar-refractivity contribution in [3.8, 4) is 5.75 Å². The molecule has 0 spiro atoms. The normalized spacial score (nSPS) is 10.8. The Kier molecular flexibility index (Phi) is 5.07. The lowest BCUT2D eigenvalue weighted by atomic mass is 10.3. The Bertz CT molecular complexity index is 712. The van der Waals surface area contributed by atoms with Gasteiger partial charge in [-0.05, 0) is 19.1 Å². The van der Waals surface area contributed by atoms with E-state index in [9.17, 15) is 0 Å². The third-order valence-electron chi connectivity index (χ3n) is 2.77. The number of rotatable bonds is 7. The molecule has 0 saturated heterocycles. The van der Waals surface area contributed by atoms with Gasteiger partial charge in [-0.15, -0.1) is 21.5 Å². The standard InChI is InChI=1S/C15H15N3O2S2/c1-11-16-12(10-22-11)9-14-17-18-15(20-14)21-8-7-19-13-5-3-2-4-6-13/h2-6,10H,7-9H2,1H3. The summed E-state index contributed by atoms with van der Waals surface area (Å²) in [6.07, 6.45) is 0.582. The van der Waals surface area contributed by atoms with Crippen LogP contribution in [-0.4, -0.2) is 27.5 Å². The van der Waals surface area contributed by atoms with Crippen LogP contribution in [-0.2, 0) is 6.42 Å². The van der Waals surface area contributed by atoms with Crippen LogP contribution in [0.2, 0.25) is 0 Å². The van der Waals surface area contributed by atoms with Gasteiger partial charge < -0.3 is 9.15 Å². The lowest BCUT2D eigenvalue weighted by Crippen LogP contribution is -1.99. The van der Waals surface area contributed by atoms with Crippen molar-refractivity contribution in [2.75, 3.05) is 12.4 Å². The second kappa shape index (κ2) is 7.42. The van der Waals surface area contributed by atoms with E-state index in [0.717, 1.165) is 22.2 Å². The molecule has 0 aliphatic heterocycles. The zero-order valence-corrected chi connectivity index (χ0v) is 13.7. The maximum atomic E-state index is 5.61. The van der Waals surface area contributed by atoms with Crippen molar-refractivity contribution in [2.45, 2.75) is 18.6 Å². The van der Waals surface area contributed by atoms with Gasteiger partial charge in [0.2, 0.25) is 5.89 Å². The van der Waals surface area contributed by atoms with Crippen molar-refractivity contribution < 1.29 is 9.15 Å². The van der Waals surface area contributed by atoms with Gasteiger partial charge in [0.15, 0.2) is 0 Å². The first-order valence-corrected chi connectivity index (χ1v) is 8.70. The Hall–Kier alpha value is -1.86. The van der Waals surface area contributed by atoms with E-state index >= 15 is 0 Å². The van der Waals surface area contributed by atoms with E-state index < -0.39 is 0 Å². The van der Waals surface area contributed by atoms with Gasteiger partial charge in [0.05, 0.1) is 23.7 Å². The lowest BCUT2D eigenvalue weighted by molar-refractivity contribution is 0.343. The summed E-state index contributed by atoms with van der Waals surface area (Å²) in [6.45, 7) is 2.58. The molecule has 3 rings (SSSR count). The second-order valence-corrected chi connectivity index (χ2v) is 6.61. The van der Waals surface area contributed by atoms with Crippen LogP contribution in [0, 0.1) is 6.92 Å². The highest BCUT2D eigenvalue weighted by atomic mass is 32.2. The van der Waals surface area contributed by atoms with E-state index in [4.69, 9.17) is 9.15 Å². The highest BCUT2D eigenvalue weighted by Crippen LogP contribution is 2.19. The van der Waals surface area contributed by atoms with Crippen molar-refractivity contribution >= 4 is 23.1 Å². The molecule has 3 aromatic rings. The molecule has 0 unspecified atom stereocenters. The zero-order valence-electron chi connectivity index (χ0n) is 12.1. The molecule has 1 aromatic carbocycles. The predicted molar refractivity (Wildman–Crippen MR) is 86.6 cm³/mol. The number of aromatic nitrogens is 3. The van der Waals surface area contributed by atoms with Crippen LogP contribution in [0.3, 0.4) is 0 Å². The summed E-state index contributed by atoms with van der Waals surface area (Å²) < 4.78 is 11.2. The quantitative estimate of drug-likeness (QED) is 0.486. The van der Waals surface area contributed by atoms with Gasteiger partial charge in [0.1, 0.15) is 5.75 Å². The fraction of sp³-hybridized carbons (Fsp3) is 0.267. The number of hydrogen-bond donors (Lipinski definition) is 0. The molecule has 0 N–H and O–H groups in total. The largest absolute Gasteiger partial charge is 0.493 e. The molecule has 0 aliphatic carbocycles. The van der Waals surface area contributed by atoms with E-state index in [0.29, 0.717) is 24.1 Å². The first-order valence-electron chi connectivity index (χ1n) is 6.83. The van der Waals surface area contributed by atoms with Gasteiger partial charge in [-0.2, -0.15) is 0 Å². The Labute approximate surface area is 136 Å². The molecule has 5 nitrogen and oxygen atoms in total. The number of thioether (sulfide) groups is 1. The Morgan fingerprint density at radius 1 is 1.23 bits per heavy atom. The summed E-state index contributed by atoms with van der Waals surface area (Å²) in [5, 5.41) is 11.7. The van der Waals surface area contributed by atoms with E-state index in [1.165, 1.54) is 11.8 Å². The van der Waals surface area contributed by atoms with Crippen molar-refractivity contribution in [1.82, 2.24) is 15.2 Å². The smallest absolute Gasteiger partial charge is 0.276 e. The molecule has 22 heavy (non-hydrogen) atoms. The van der Waals surface area contributed by atoms with Gasteiger partial charge in [0.25, 0.3) is 5.22 Å². The molecule has 0 saturated carbocycles. The average molecular weight is 333 g/mol. The highest BCUT2D eigenvalue weighted by molar-refractivity contribution is 7.99. The number of hydrogen-bond acceptors (Lipinski definition) is 7. The summed E-state index contributed by atoms with van der Waals surface area (Å²) in [7, 11) is 0. The maximum Gasteiger partial charge on any atom is 0.276 e. The molecule has 0 amide bonds. The molecule has 0 bridgehead atoms. The summed E-state index contributed by atoms with van der Waals surface area (Å²) in [4.78, 5) is 4.39. The van der Waals surface area contributed by atoms with Gasteiger partial charge in [-0.3, -0.25) is 0 Å². The minimum atomic E-state index is 0.568. The van der Waals surface area contributed by atoms with Gasteiger partial charge in [-0.25, -0.2) is 4.98 Å². The molecule has 0 radical (unpaired) electrons. The van der Waals surface area contributed by atoms with Crippen molar-refractivity contribution in [1.29, 1.82) is 0 Å². The molecule has 0 fully saturated rings. The second-order valence-electron chi connectivity index (χ2n) is 4.51. The summed E-state index contributed by atoms with van der Waals surface area (Å²) in [6, 6.07) is 9.74. The molecule has 7 heteroatoms. The number of ether oxygens (including phenoxy) is 1. The first kappa shape index (κ1) is 15.1. The van der Waals surface area contributed by atoms with E-state index in [1.807, 2.05) is 42.6 Å². The topological polar surface area (TPSA) is 61.0 Å². The molecule has 2 heterocycles. The predicted octanol–water partition coefficient (Wildman–Crippen LogP) is 3.60. The molecular weight excluding hydrogens is 318 g/mol. The summed E-state index contributed by atoms with van der Waals surface area (Å²) >= 11 is 3.12.